The van der Waals surface area contributed by atoms with Crippen LogP contribution in [-0.2, 0) is 16.1 Å². The molecule has 3 rings (SSSR count). The van der Waals surface area contributed by atoms with E-state index in [9.17, 15) is 14.0 Å². The van der Waals surface area contributed by atoms with Crippen LogP contribution < -0.4 is 10.6 Å². The van der Waals surface area contributed by atoms with Gasteiger partial charge in [-0.3, -0.25) is 20.0 Å². The average molecular weight is 415 g/mol. The van der Waals surface area contributed by atoms with E-state index in [0.29, 0.717) is 37.6 Å². The van der Waals surface area contributed by atoms with E-state index in [1.807, 2.05) is 4.90 Å². The Morgan fingerprint density at radius 1 is 1.13 bits per heavy atom. The zero-order valence-corrected chi connectivity index (χ0v) is 15.8. The van der Waals surface area contributed by atoms with Crippen molar-refractivity contribution >= 4 is 23.4 Å². The number of ether oxygens (including phenoxy) is 1. The second-order valence-corrected chi connectivity index (χ2v) is 6.61. The fraction of sp³-hybridized carbons (Fsp3) is 0.333. The molecule has 0 radical (unpaired) electrons. The van der Waals surface area contributed by atoms with E-state index >= 15 is 0 Å². The van der Waals surface area contributed by atoms with E-state index in [4.69, 9.17) is 15.9 Å². The third-order valence-electron chi connectivity index (χ3n) is 4.57. The summed E-state index contributed by atoms with van der Waals surface area (Å²) in [5.41, 5.74) is 6.18. The average Bonchev–Trinajstić information content (AvgIpc) is 2.73. The van der Waals surface area contributed by atoms with Crippen molar-refractivity contribution in [2.45, 2.75) is 20.5 Å². The van der Waals surface area contributed by atoms with E-state index in [2.05, 4.69) is 4.98 Å². The number of carbonyl (C=O) groups excluding carboxylic acids is 2. The topological polar surface area (TPSA) is 113 Å². The predicted octanol–water partition coefficient (Wildman–Crippen LogP) is 2.19. The number of pyridine rings is 1. The molecule has 30 heavy (non-hydrogen) atoms. The molecule has 0 bridgehead atoms. The summed E-state index contributed by atoms with van der Waals surface area (Å²) < 4.78 is 19.9. The number of nitrogens with two attached hydrogens (primary N) is 1. The molecule has 1 aromatic carbocycles. The summed E-state index contributed by atoms with van der Waals surface area (Å²) in [4.78, 5) is 31.7. The zero-order chi connectivity index (χ0) is 20.8. The third kappa shape index (κ3) is 5.53. The van der Waals surface area contributed by atoms with Crippen molar-refractivity contribution in [2.75, 3.05) is 31.1 Å². The SMILES string of the molecule is C.N=C(N)CC(=O)OCc1cccc(N2CCN(C(=O)c3ccccn3)CC2)c1F. The van der Waals surface area contributed by atoms with E-state index in [1.165, 1.54) is 0 Å². The summed E-state index contributed by atoms with van der Waals surface area (Å²) in [6, 6.07) is 10.1. The van der Waals surface area contributed by atoms with Crippen LogP contribution in [0.3, 0.4) is 0 Å². The highest BCUT2D eigenvalue weighted by Gasteiger charge is 2.25. The van der Waals surface area contributed by atoms with E-state index in [0.717, 1.165) is 0 Å². The molecular formula is C21H26FN5O3. The second kappa shape index (κ2) is 10.3. The van der Waals surface area contributed by atoms with E-state index in [-0.39, 0.29) is 37.8 Å². The number of nitrogens with one attached hydrogen (secondary N) is 1. The standard InChI is InChI=1S/C20H22FN5O3.CH4/c21-19-14(13-29-18(27)12-17(22)23)4-3-6-16(19)25-8-10-26(11-9-25)20(28)15-5-1-2-7-24-15;/h1-7H,8-13H2,(H3,22,23);1H4. The molecule has 2 aromatic rings. The van der Waals surface area contributed by atoms with Gasteiger partial charge in [-0.2, -0.15) is 0 Å². The molecule has 2 heterocycles. The third-order valence-corrected chi connectivity index (χ3v) is 4.57. The number of esters is 1. The normalized spacial score (nSPS) is 13.4. The minimum atomic E-state index is -0.677. The second-order valence-electron chi connectivity index (χ2n) is 6.61. The number of aromatic nitrogens is 1. The first-order chi connectivity index (χ1) is 14.0. The number of hydrogen-bond donors (Lipinski definition) is 2. The van der Waals surface area contributed by atoms with Crippen LogP contribution in [0.25, 0.3) is 0 Å². The van der Waals surface area contributed by atoms with Crippen molar-refractivity contribution in [1.29, 1.82) is 5.41 Å². The van der Waals surface area contributed by atoms with Gasteiger partial charge in [0.15, 0.2) is 5.82 Å². The number of anilines is 1. The van der Waals surface area contributed by atoms with Gasteiger partial charge in [-0.05, 0) is 18.2 Å². The number of amidine groups is 1. The maximum atomic E-state index is 14.9. The van der Waals surface area contributed by atoms with E-state index in [1.54, 1.807) is 47.5 Å². The van der Waals surface area contributed by atoms with Crippen LogP contribution >= 0.6 is 0 Å². The smallest absolute Gasteiger partial charge is 0.313 e. The molecule has 1 amide bonds. The van der Waals surface area contributed by atoms with Gasteiger partial charge in [0.2, 0.25) is 0 Å². The molecule has 8 nitrogen and oxygen atoms in total. The number of benzene rings is 1. The monoisotopic (exact) mass is 415 g/mol. The van der Waals surface area contributed by atoms with Crippen LogP contribution in [0.1, 0.15) is 29.9 Å². The molecular weight excluding hydrogens is 389 g/mol. The zero-order valence-electron chi connectivity index (χ0n) is 15.8. The molecule has 0 aliphatic carbocycles. The van der Waals surface area contributed by atoms with Crippen molar-refractivity contribution in [3.05, 3.63) is 59.7 Å². The first-order valence-corrected chi connectivity index (χ1v) is 9.17. The number of hydrogen-bond acceptors (Lipinski definition) is 6. The Labute approximate surface area is 175 Å². The van der Waals surface area contributed by atoms with Crippen LogP contribution in [0.2, 0.25) is 0 Å². The molecule has 3 N–H and O–H groups in total. The van der Waals surface area contributed by atoms with E-state index < -0.39 is 11.8 Å². The van der Waals surface area contributed by atoms with Crippen LogP contribution in [0.15, 0.2) is 42.6 Å². The maximum Gasteiger partial charge on any atom is 0.313 e. The molecule has 1 aromatic heterocycles. The van der Waals surface area contributed by atoms with Gasteiger partial charge in [0, 0.05) is 37.9 Å². The summed E-state index contributed by atoms with van der Waals surface area (Å²) in [5, 5.41) is 7.08. The highest BCUT2D eigenvalue weighted by Crippen LogP contribution is 2.24. The lowest BCUT2D eigenvalue weighted by Crippen LogP contribution is -2.49. The Bertz CT molecular complexity index is 899. The Hall–Kier alpha value is -3.49. The van der Waals surface area contributed by atoms with Crippen molar-refractivity contribution in [1.82, 2.24) is 9.88 Å². The van der Waals surface area contributed by atoms with Gasteiger partial charge in [-0.1, -0.05) is 25.6 Å². The van der Waals surface area contributed by atoms with Gasteiger partial charge in [0.25, 0.3) is 5.91 Å². The van der Waals surface area contributed by atoms with Crippen molar-refractivity contribution < 1.29 is 18.7 Å². The molecule has 0 atom stereocenters. The van der Waals surface area contributed by atoms with Crippen LogP contribution in [0.4, 0.5) is 10.1 Å². The Kier molecular flexibility index (Phi) is 7.85. The quantitative estimate of drug-likeness (QED) is 0.425. The highest BCUT2D eigenvalue weighted by atomic mass is 19.1. The van der Waals surface area contributed by atoms with Gasteiger partial charge in [0.1, 0.15) is 24.6 Å². The summed E-state index contributed by atoms with van der Waals surface area (Å²) in [5.74, 6) is -1.59. The molecule has 0 spiro atoms. The molecule has 1 aliphatic heterocycles. The molecule has 9 heteroatoms. The molecule has 1 fully saturated rings. The molecule has 160 valence electrons. The van der Waals surface area contributed by atoms with Crippen LogP contribution in [-0.4, -0.2) is 53.8 Å². The summed E-state index contributed by atoms with van der Waals surface area (Å²) in [6.45, 7) is 1.62. The molecule has 1 aliphatic rings. The van der Waals surface area contributed by atoms with Gasteiger partial charge in [-0.15, -0.1) is 0 Å². The van der Waals surface area contributed by atoms with Crippen LogP contribution in [0.5, 0.6) is 0 Å². The minimum Gasteiger partial charge on any atom is -0.460 e. The number of rotatable bonds is 6. The lowest BCUT2D eigenvalue weighted by Gasteiger charge is -2.36. The fourth-order valence-electron chi connectivity index (χ4n) is 3.09. The van der Waals surface area contributed by atoms with Gasteiger partial charge in [-0.25, -0.2) is 4.39 Å². The van der Waals surface area contributed by atoms with Gasteiger partial charge in [0.05, 0.1) is 5.69 Å². The number of carbonyl (C=O) groups is 2. The maximum absolute atomic E-state index is 14.9. The molecule has 0 saturated carbocycles. The first kappa shape index (κ1) is 22.8. The first-order valence-electron chi connectivity index (χ1n) is 9.17. The molecule has 1 saturated heterocycles. The lowest BCUT2D eigenvalue weighted by atomic mass is 10.1. The molecule has 0 unspecified atom stereocenters. The van der Waals surface area contributed by atoms with Crippen molar-refractivity contribution in [3.8, 4) is 0 Å². The largest absolute Gasteiger partial charge is 0.460 e. The highest BCUT2D eigenvalue weighted by molar-refractivity contribution is 5.94. The van der Waals surface area contributed by atoms with Gasteiger partial charge < -0.3 is 20.3 Å². The Morgan fingerprint density at radius 3 is 2.50 bits per heavy atom. The number of halogens is 1. The Balaban J connectivity index is 0.00000320. The fourth-order valence-corrected chi connectivity index (χ4v) is 3.09. The number of nitrogens with zero attached hydrogens (tertiary/aromatic N) is 3. The van der Waals surface area contributed by atoms with Crippen molar-refractivity contribution in [2.24, 2.45) is 5.73 Å². The number of amides is 1. The summed E-state index contributed by atoms with van der Waals surface area (Å²) >= 11 is 0. The number of piperazine rings is 1. The van der Waals surface area contributed by atoms with Crippen molar-refractivity contribution in [3.63, 3.8) is 0 Å². The summed E-state index contributed by atoms with van der Waals surface area (Å²) in [6.07, 6.45) is 1.25. The lowest BCUT2D eigenvalue weighted by molar-refractivity contribution is -0.143. The van der Waals surface area contributed by atoms with Gasteiger partial charge >= 0.3 is 5.97 Å². The van der Waals surface area contributed by atoms with Crippen LogP contribution in [0, 0.1) is 11.2 Å². The summed E-state index contributed by atoms with van der Waals surface area (Å²) in [7, 11) is 0. The Morgan fingerprint density at radius 2 is 1.87 bits per heavy atom. The minimum absolute atomic E-state index is 0. The predicted molar refractivity (Wildman–Crippen MR) is 112 cm³/mol.